The summed E-state index contributed by atoms with van der Waals surface area (Å²) in [6, 6.07) is 46.8. The van der Waals surface area contributed by atoms with Crippen LogP contribution in [-0.2, 0) is 10.0 Å². The molecule has 0 radical (unpaired) electrons. The first-order chi connectivity index (χ1) is 38.6. The second-order valence-electron chi connectivity index (χ2n) is 19.3. The van der Waals surface area contributed by atoms with Crippen molar-refractivity contribution >= 4 is 152 Å². The van der Waals surface area contributed by atoms with Crippen LogP contribution in [0.1, 0.15) is 5.56 Å². The molecule has 0 saturated heterocycles. The number of H-pyrrole nitrogens is 4. The second-order valence-corrected chi connectivity index (χ2v) is 21.3. The monoisotopic (exact) mass is 1110 g/mol. The minimum atomic E-state index is -3.62. The first kappa shape index (κ1) is 52.4. The molecule has 4 N–H and O–H groups in total. The third kappa shape index (κ3) is 8.21. The number of hydrogen-bond donors (Lipinski definition) is 4. The molecule has 0 amide bonds. The molecule has 386 valence electrons. The number of rotatable bonds is 2. The van der Waals surface area contributed by atoms with Crippen molar-refractivity contribution in [3.05, 3.63) is 261 Å². The molecule has 0 atom stereocenters. The summed E-state index contributed by atoms with van der Waals surface area (Å²) in [6.07, 6.45) is 0. The molecule has 15 aromatic rings. The normalized spacial score (nSPS) is 11.8. The number of nitrogens with one attached hydrogen (secondary N) is 4. The zero-order chi connectivity index (χ0) is 55.5. The first-order valence-electron chi connectivity index (χ1n) is 24.8. The molecule has 18 heteroatoms. The molecule has 0 bridgehead atoms. The molecular formula is C63H35ClN5NaO10S. The Bertz CT molecular complexity index is 5250. The predicted molar refractivity (Wildman–Crippen MR) is 320 cm³/mol. The fraction of sp³-hybridized carbons (Fsp3) is 0.0159. The summed E-state index contributed by atoms with van der Waals surface area (Å²) in [5, 5.41) is 5.53. The van der Waals surface area contributed by atoms with Gasteiger partial charge in [0.25, 0.3) is 0 Å². The van der Waals surface area contributed by atoms with Crippen LogP contribution < -0.4 is 73.0 Å². The van der Waals surface area contributed by atoms with Crippen LogP contribution in [0, 0.1) is 6.92 Å². The van der Waals surface area contributed by atoms with Crippen molar-refractivity contribution in [2.75, 3.05) is 0 Å². The van der Waals surface area contributed by atoms with Crippen molar-refractivity contribution in [3.63, 3.8) is 0 Å². The fourth-order valence-electron chi connectivity index (χ4n) is 11.0. The average molecular weight is 1110 g/mol. The van der Waals surface area contributed by atoms with E-state index in [1.165, 1.54) is 12.1 Å². The van der Waals surface area contributed by atoms with E-state index in [1.54, 1.807) is 158 Å². The molecule has 15 nitrogen and oxygen atoms in total. The van der Waals surface area contributed by atoms with Crippen LogP contribution in [0.4, 0.5) is 0 Å². The van der Waals surface area contributed by atoms with Gasteiger partial charge in [0.1, 0.15) is 10.0 Å². The van der Waals surface area contributed by atoms with Crippen LogP contribution in [0.5, 0.6) is 0 Å². The summed E-state index contributed by atoms with van der Waals surface area (Å²) < 4.78 is 24.8. The Hall–Kier alpha value is -9.26. The molecule has 0 aliphatic carbocycles. The quantitative estimate of drug-likeness (QED) is 0.0754. The number of nitrogens with zero attached hydrogens (tertiary/aromatic N) is 1. The van der Waals surface area contributed by atoms with Crippen molar-refractivity contribution in [2.24, 2.45) is 0 Å². The molecule has 13 aromatic carbocycles. The summed E-state index contributed by atoms with van der Waals surface area (Å²) in [7, 11) is -3.62. The van der Waals surface area contributed by atoms with Crippen molar-refractivity contribution in [1.29, 1.82) is 0 Å². The average Bonchev–Trinajstić information content (AvgIpc) is 3.63. The van der Waals surface area contributed by atoms with Crippen LogP contribution in [-0.4, -0.2) is 28.4 Å². The van der Waals surface area contributed by atoms with Crippen molar-refractivity contribution < 1.29 is 38.0 Å². The van der Waals surface area contributed by atoms with Gasteiger partial charge in [-0.3, -0.25) is 50.1 Å². The topological polar surface area (TPSA) is 248 Å². The van der Waals surface area contributed by atoms with Gasteiger partial charge in [-0.1, -0.05) is 115 Å². The Morgan fingerprint density at radius 1 is 0.309 bits per heavy atom. The summed E-state index contributed by atoms with van der Waals surface area (Å²) in [5.41, 5.74) is 3.35. The minimum absolute atomic E-state index is 0. The molecule has 0 aliphatic rings. The zero-order valence-corrected chi connectivity index (χ0v) is 46.1. The van der Waals surface area contributed by atoms with Gasteiger partial charge in [-0.25, -0.2) is 8.42 Å². The summed E-state index contributed by atoms with van der Waals surface area (Å²) in [5.74, 6) is 0. The van der Waals surface area contributed by atoms with Gasteiger partial charge in [-0.2, -0.15) is 0 Å². The van der Waals surface area contributed by atoms with Gasteiger partial charge in [0.15, 0.2) is 43.4 Å². The largest absolute Gasteiger partial charge is 1.00 e. The number of fused-ring (bicyclic) bond motifs is 16. The molecule has 0 unspecified atom stereocenters. The molecule has 15 rings (SSSR count). The minimum Gasteiger partial charge on any atom is -0.458 e. The van der Waals surface area contributed by atoms with Crippen LogP contribution >= 0.6 is 11.8 Å². The summed E-state index contributed by atoms with van der Waals surface area (Å²) >= 11 is 4.90. The van der Waals surface area contributed by atoms with Crippen molar-refractivity contribution in [1.82, 2.24) is 19.9 Å². The van der Waals surface area contributed by atoms with Crippen molar-refractivity contribution in [3.8, 4) is 0 Å². The Morgan fingerprint density at radius 3 is 0.753 bits per heavy atom. The molecule has 81 heavy (non-hydrogen) atoms. The molecule has 2 aromatic heterocycles. The standard InChI is InChI=1S/2C28H14N2O4.C7H7ClNO2S.Na/c2*31-25-13-5-1-3-7-15(13)27(33)21-17(25)9-11-19-23(21)29-20-12-10-18-22(24(20)30-19)28(34)16-8-4-2-6-14(16)26(18)32;1-6-2-4-7(5-3-6)12(10,11)9-8;/h2*1-12,29-30H;2-5H,1H3;/q;;-1;+1. The molecule has 0 aliphatic heterocycles. The van der Waals surface area contributed by atoms with E-state index in [4.69, 9.17) is 11.8 Å². The maximum absolute atomic E-state index is 13.4. The second kappa shape index (κ2) is 19.8. The van der Waals surface area contributed by atoms with Gasteiger partial charge in [-0.15, -0.1) is 0 Å². The maximum atomic E-state index is 13.4. The summed E-state index contributed by atoms with van der Waals surface area (Å²) in [4.78, 5) is 119. The number of aryl methyl sites for hydroxylation is 1. The Kier molecular flexibility index (Phi) is 12.8. The SMILES string of the molecule is Cc1ccc(S(=O)(=O)[N-]Cl)cc1.O=c1c2ccccc2c(=O)c2c1ccc1[nH]c3c(ccc4c(=O)c5ccccc5c(=O)c43)[nH]c12.O=c1c2ccccc2c(=O)c2c1ccc1[nH]c3c(ccc4c(=O)c5ccccc5c(=O)c43)[nH]c12.[Na+]. The van der Waals surface area contributed by atoms with E-state index in [9.17, 15) is 46.8 Å². The number of halogens is 1. The van der Waals surface area contributed by atoms with Gasteiger partial charge in [0.2, 0.25) is 0 Å². The third-order valence-electron chi connectivity index (χ3n) is 14.8. The predicted octanol–water partition coefficient (Wildman–Crippen LogP) is 7.50. The first-order valence-corrected chi connectivity index (χ1v) is 26.6. The van der Waals surface area contributed by atoms with E-state index in [-0.39, 0.29) is 77.9 Å². The molecule has 0 saturated carbocycles. The molecule has 0 fully saturated rings. The van der Waals surface area contributed by atoms with Crippen LogP contribution in [0.2, 0.25) is 0 Å². The van der Waals surface area contributed by atoms with Gasteiger partial charge in [-0.05, 0) is 67.6 Å². The maximum Gasteiger partial charge on any atom is 1.00 e. The van der Waals surface area contributed by atoms with E-state index in [2.05, 4.69) is 24.2 Å². The number of benzene rings is 13. The fourth-order valence-corrected chi connectivity index (χ4v) is 11.8. The van der Waals surface area contributed by atoms with Gasteiger partial charge in [0.05, 0.1) is 65.7 Å². The van der Waals surface area contributed by atoms with E-state index < -0.39 is 10.0 Å². The molecule has 2 heterocycles. The van der Waals surface area contributed by atoms with E-state index in [0.29, 0.717) is 130 Å². The number of aromatic amines is 4. The van der Waals surface area contributed by atoms with Gasteiger partial charge < -0.3 is 24.2 Å². The third-order valence-corrected chi connectivity index (χ3v) is 16.4. The van der Waals surface area contributed by atoms with E-state index in [0.717, 1.165) is 5.56 Å². The molecule has 0 spiro atoms. The van der Waals surface area contributed by atoms with E-state index in [1.807, 2.05) is 6.92 Å². The zero-order valence-electron chi connectivity index (χ0n) is 42.5. The van der Waals surface area contributed by atoms with Gasteiger partial charge in [0, 0.05) is 69.5 Å². The Labute approximate surface area is 479 Å². The Morgan fingerprint density at radius 2 is 0.531 bits per heavy atom. The number of hydrogen-bond acceptors (Lipinski definition) is 10. The van der Waals surface area contributed by atoms with E-state index >= 15 is 0 Å². The van der Waals surface area contributed by atoms with Gasteiger partial charge >= 0.3 is 29.6 Å². The molecular weight excluding hydrogens is 1080 g/mol. The smallest absolute Gasteiger partial charge is 0.458 e. The number of sulfonamides is 1. The van der Waals surface area contributed by atoms with Crippen LogP contribution in [0.25, 0.3) is 135 Å². The Balaban J connectivity index is 0.000000133. The van der Waals surface area contributed by atoms with Crippen LogP contribution in [0.3, 0.4) is 0 Å². The van der Waals surface area contributed by atoms with Crippen LogP contribution in [0.15, 0.2) is 213 Å². The summed E-state index contributed by atoms with van der Waals surface area (Å²) in [6.45, 7) is 1.87. The number of aromatic nitrogens is 4. The van der Waals surface area contributed by atoms with Crippen molar-refractivity contribution in [2.45, 2.75) is 11.8 Å².